The molecule has 0 unspecified atom stereocenters. The summed E-state index contributed by atoms with van der Waals surface area (Å²) in [6, 6.07) is 4.43. The van der Waals surface area contributed by atoms with E-state index in [-0.39, 0.29) is 24.8 Å². The van der Waals surface area contributed by atoms with Crippen molar-refractivity contribution in [3.05, 3.63) is 35.4 Å². The summed E-state index contributed by atoms with van der Waals surface area (Å²) in [5.41, 5.74) is -0.826. The van der Waals surface area contributed by atoms with Crippen molar-refractivity contribution in [3.63, 3.8) is 0 Å². The second-order valence-corrected chi connectivity index (χ2v) is 4.53. The standard InChI is InChI=1S/C13H14F3NO2/c14-13(15,16)10-3-1-2-9(8-10)12(19)17(6-7-18)11-4-5-11/h1-3,8,11,18H,4-7H2. The van der Waals surface area contributed by atoms with E-state index in [9.17, 15) is 18.0 Å². The molecule has 104 valence electrons. The van der Waals surface area contributed by atoms with Crippen molar-refractivity contribution in [1.82, 2.24) is 4.90 Å². The monoisotopic (exact) mass is 273 g/mol. The lowest BCUT2D eigenvalue weighted by molar-refractivity contribution is -0.137. The average Bonchev–Trinajstić information content (AvgIpc) is 3.18. The Morgan fingerprint density at radius 3 is 2.58 bits per heavy atom. The van der Waals surface area contributed by atoms with Crippen LogP contribution in [0.25, 0.3) is 0 Å². The number of carbonyl (C=O) groups excluding carboxylic acids is 1. The van der Waals surface area contributed by atoms with E-state index in [0.717, 1.165) is 25.0 Å². The van der Waals surface area contributed by atoms with Crippen LogP contribution in [0.1, 0.15) is 28.8 Å². The lowest BCUT2D eigenvalue weighted by atomic mass is 10.1. The van der Waals surface area contributed by atoms with E-state index < -0.39 is 17.6 Å². The van der Waals surface area contributed by atoms with E-state index in [2.05, 4.69) is 0 Å². The van der Waals surface area contributed by atoms with E-state index in [1.54, 1.807) is 0 Å². The Bertz CT molecular complexity index is 469. The fraction of sp³-hybridized carbons (Fsp3) is 0.462. The van der Waals surface area contributed by atoms with Gasteiger partial charge >= 0.3 is 6.18 Å². The van der Waals surface area contributed by atoms with Crippen LogP contribution in [0.4, 0.5) is 13.2 Å². The SMILES string of the molecule is O=C(c1cccc(C(F)(F)F)c1)N(CCO)C1CC1. The fourth-order valence-electron chi connectivity index (χ4n) is 1.94. The highest BCUT2D eigenvalue weighted by Gasteiger charge is 2.34. The van der Waals surface area contributed by atoms with Crippen molar-refractivity contribution in [3.8, 4) is 0 Å². The summed E-state index contributed by atoms with van der Waals surface area (Å²) in [6.45, 7) is -0.0407. The minimum atomic E-state index is -4.46. The molecule has 1 aliphatic carbocycles. The summed E-state index contributed by atoms with van der Waals surface area (Å²) in [4.78, 5) is 13.6. The third kappa shape index (κ3) is 3.26. The van der Waals surface area contributed by atoms with Crippen LogP contribution in [0, 0.1) is 0 Å². The third-order valence-corrected chi connectivity index (χ3v) is 3.03. The molecular weight excluding hydrogens is 259 g/mol. The van der Waals surface area contributed by atoms with Gasteiger partial charge in [0.15, 0.2) is 0 Å². The zero-order chi connectivity index (χ0) is 14.0. The molecule has 6 heteroatoms. The molecule has 1 amide bonds. The minimum Gasteiger partial charge on any atom is -0.395 e. The van der Waals surface area contributed by atoms with E-state index in [4.69, 9.17) is 5.11 Å². The van der Waals surface area contributed by atoms with Crippen LogP contribution in [-0.2, 0) is 6.18 Å². The maximum absolute atomic E-state index is 12.6. The van der Waals surface area contributed by atoms with Crippen molar-refractivity contribution in [2.75, 3.05) is 13.2 Å². The maximum atomic E-state index is 12.6. The molecule has 1 aromatic carbocycles. The van der Waals surface area contributed by atoms with Crippen LogP contribution in [0.5, 0.6) is 0 Å². The van der Waals surface area contributed by atoms with Crippen LogP contribution in [0.2, 0.25) is 0 Å². The first-order valence-corrected chi connectivity index (χ1v) is 6.02. The summed E-state index contributed by atoms with van der Waals surface area (Å²) in [5.74, 6) is -0.456. The minimum absolute atomic E-state index is 0.00942. The van der Waals surface area contributed by atoms with Crippen molar-refractivity contribution in [2.45, 2.75) is 25.1 Å². The molecule has 0 bridgehead atoms. The Balaban J connectivity index is 2.22. The Morgan fingerprint density at radius 2 is 2.05 bits per heavy atom. The molecule has 1 aliphatic rings. The number of hydrogen-bond acceptors (Lipinski definition) is 2. The molecule has 3 nitrogen and oxygen atoms in total. The number of halogens is 3. The first-order chi connectivity index (χ1) is 8.93. The highest BCUT2D eigenvalue weighted by atomic mass is 19.4. The predicted octanol–water partition coefficient (Wildman–Crippen LogP) is 2.30. The molecule has 0 heterocycles. The van der Waals surface area contributed by atoms with Gasteiger partial charge in [-0.15, -0.1) is 0 Å². The number of aliphatic hydroxyl groups is 1. The van der Waals surface area contributed by atoms with E-state index >= 15 is 0 Å². The highest BCUT2D eigenvalue weighted by molar-refractivity contribution is 5.94. The Labute approximate surface area is 108 Å². The van der Waals surface area contributed by atoms with Gasteiger partial charge in [-0.2, -0.15) is 13.2 Å². The molecular formula is C13H14F3NO2. The van der Waals surface area contributed by atoms with Gasteiger partial charge in [-0.3, -0.25) is 4.79 Å². The first kappa shape index (κ1) is 13.9. The maximum Gasteiger partial charge on any atom is 0.416 e. The number of amides is 1. The first-order valence-electron chi connectivity index (χ1n) is 6.02. The topological polar surface area (TPSA) is 40.5 Å². The number of nitrogens with zero attached hydrogens (tertiary/aromatic N) is 1. The van der Waals surface area contributed by atoms with E-state index in [0.29, 0.717) is 0 Å². The summed E-state index contributed by atoms with van der Waals surface area (Å²) in [6.07, 6.45) is -2.78. The molecule has 0 radical (unpaired) electrons. The lowest BCUT2D eigenvalue weighted by Crippen LogP contribution is -2.35. The molecule has 0 atom stereocenters. The average molecular weight is 273 g/mol. The number of rotatable bonds is 4. The van der Waals surface area contributed by atoms with Gasteiger partial charge in [0.25, 0.3) is 5.91 Å². The van der Waals surface area contributed by atoms with Gasteiger partial charge in [0.05, 0.1) is 12.2 Å². The quantitative estimate of drug-likeness (QED) is 0.914. The number of alkyl halides is 3. The molecule has 0 aliphatic heterocycles. The molecule has 1 N–H and O–H groups in total. The van der Waals surface area contributed by atoms with Crippen LogP contribution in [0.15, 0.2) is 24.3 Å². The van der Waals surface area contributed by atoms with Gasteiger partial charge in [0.1, 0.15) is 0 Å². The zero-order valence-electron chi connectivity index (χ0n) is 10.2. The summed E-state index contributed by atoms with van der Waals surface area (Å²) >= 11 is 0. The second kappa shape index (κ2) is 5.21. The molecule has 1 fully saturated rings. The second-order valence-electron chi connectivity index (χ2n) is 4.53. The lowest BCUT2D eigenvalue weighted by Gasteiger charge is -2.21. The van der Waals surface area contributed by atoms with Crippen molar-refractivity contribution in [1.29, 1.82) is 0 Å². The molecule has 0 saturated heterocycles. The van der Waals surface area contributed by atoms with Gasteiger partial charge < -0.3 is 10.0 Å². The summed E-state index contributed by atoms with van der Waals surface area (Å²) in [5, 5.41) is 8.92. The molecule has 0 spiro atoms. The Hall–Kier alpha value is -1.56. The van der Waals surface area contributed by atoms with Crippen molar-refractivity contribution < 1.29 is 23.1 Å². The molecule has 1 aromatic rings. The number of aliphatic hydroxyl groups excluding tert-OH is 1. The van der Waals surface area contributed by atoms with Crippen LogP contribution in [-0.4, -0.2) is 35.1 Å². The number of hydrogen-bond donors (Lipinski definition) is 1. The normalized spacial score (nSPS) is 15.4. The van der Waals surface area contributed by atoms with Gasteiger partial charge in [0.2, 0.25) is 0 Å². The largest absolute Gasteiger partial charge is 0.416 e. The van der Waals surface area contributed by atoms with Gasteiger partial charge in [-0.25, -0.2) is 0 Å². The summed E-state index contributed by atoms with van der Waals surface area (Å²) < 4.78 is 37.8. The Morgan fingerprint density at radius 1 is 1.37 bits per heavy atom. The molecule has 19 heavy (non-hydrogen) atoms. The smallest absolute Gasteiger partial charge is 0.395 e. The zero-order valence-corrected chi connectivity index (χ0v) is 10.2. The van der Waals surface area contributed by atoms with E-state index in [1.165, 1.54) is 17.0 Å². The molecule has 2 rings (SSSR count). The third-order valence-electron chi connectivity index (χ3n) is 3.03. The van der Waals surface area contributed by atoms with Crippen molar-refractivity contribution in [2.24, 2.45) is 0 Å². The van der Waals surface area contributed by atoms with Gasteiger partial charge in [-0.05, 0) is 31.0 Å². The summed E-state index contributed by atoms with van der Waals surface area (Å²) in [7, 11) is 0. The Kier molecular flexibility index (Phi) is 3.80. The fourth-order valence-corrected chi connectivity index (χ4v) is 1.94. The van der Waals surface area contributed by atoms with Crippen LogP contribution in [0.3, 0.4) is 0 Å². The van der Waals surface area contributed by atoms with Crippen LogP contribution < -0.4 is 0 Å². The van der Waals surface area contributed by atoms with Gasteiger partial charge in [0, 0.05) is 18.2 Å². The molecule has 1 saturated carbocycles. The highest BCUT2D eigenvalue weighted by Crippen LogP contribution is 2.31. The predicted molar refractivity (Wildman–Crippen MR) is 62.6 cm³/mol. The number of carbonyl (C=O) groups is 1. The van der Waals surface area contributed by atoms with Gasteiger partial charge in [-0.1, -0.05) is 6.07 Å². The van der Waals surface area contributed by atoms with Crippen molar-refractivity contribution >= 4 is 5.91 Å². The van der Waals surface area contributed by atoms with Crippen LogP contribution >= 0.6 is 0 Å². The number of benzene rings is 1. The molecule has 0 aromatic heterocycles. The van der Waals surface area contributed by atoms with E-state index in [1.807, 2.05) is 0 Å².